The number of aliphatic imine (C=N–C) groups is 1. The number of hydrogen-bond acceptors (Lipinski definition) is 5. The molecule has 0 aromatic carbocycles. The Balaban J connectivity index is 2.73. The molecule has 1 unspecified atom stereocenters. The summed E-state index contributed by atoms with van der Waals surface area (Å²) in [4.78, 5) is 3.37. The van der Waals surface area contributed by atoms with Crippen LogP contribution in [0.1, 0.15) is 0 Å². The highest BCUT2D eigenvalue weighted by atomic mass is 16.4. The SMILES string of the molecule is NC1(O)N=CC=C(O)N1. The zero-order valence-corrected chi connectivity index (χ0v) is 4.57. The van der Waals surface area contributed by atoms with Crippen LogP contribution < -0.4 is 11.1 Å². The molecule has 0 saturated carbocycles. The molecule has 0 aromatic heterocycles. The fourth-order valence-corrected chi connectivity index (χ4v) is 0.484. The first-order chi connectivity index (χ1) is 4.10. The van der Waals surface area contributed by atoms with Gasteiger partial charge in [0.25, 0.3) is 5.97 Å². The number of rotatable bonds is 0. The summed E-state index contributed by atoms with van der Waals surface area (Å²) in [7, 11) is 0. The molecule has 5 N–H and O–H groups in total. The van der Waals surface area contributed by atoms with Gasteiger partial charge in [0.15, 0.2) is 5.88 Å². The number of nitrogens with one attached hydrogen (secondary N) is 1. The van der Waals surface area contributed by atoms with E-state index < -0.39 is 5.97 Å². The quantitative estimate of drug-likeness (QED) is 0.303. The summed E-state index contributed by atoms with van der Waals surface area (Å²) in [5.41, 5.74) is 5.01. The van der Waals surface area contributed by atoms with Crippen molar-refractivity contribution < 1.29 is 10.2 Å². The van der Waals surface area contributed by atoms with Crippen molar-refractivity contribution in [3.05, 3.63) is 12.0 Å². The number of allylic oxidation sites excluding steroid dienone is 1. The summed E-state index contributed by atoms with van der Waals surface area (Å²) in [6, 6.07) is 0. The van der Waals surface area contributed by atoms with Gasteiger partial charge >= 0.3 is 0 Å². The van der Waals surface area contributed by atoms with Crippen molar-refractivity contribution in [3.8, 4) is 0 Å². The zero-order chi connectivity index (χ0) is 6.91. The summed E-state index contributed by atoms with van der Waals surface area (Å²) < 4.78 is 0. The molecule has 0 saturated heterocycles. The van der Waals surface area contributed by atoms with E-state index in [1.54, 1.807) is 0 Å². The Morgan fingerprint density at radius 1 is 1.78 bits per heavy atom. The van der Waals surface area contributed by atoms with Gasteiger partial charge < -0.3 is 10.2 Å². The van der Waals surface area contributed by atoms with Gasteiger partial charge in [-0.25, -0.2) is 4.99 Å². The maximum absolute atomic E-state index is 8.81. The Kier molecular flexibility index (Phi) is 1.15. The van der Waals surface area contributed by atoms with Gasteiger partial charge in [-0.2, -0.15) is 0 Å². The molecule has 0 fully saturated rings. The number of nitrogens with two attached hydrogens (primary N) is 1. The fourth-order valence-electron chi connectivity index (χ4n) is 0.484. The average molecular weight is 129 g/mol. The molecule has 1 rings (SSSR count). The maximum atomic E-state index is 8.81. The van der Waals surface area contributed by atoms with Crippen molar-refractivity contribution in [2.75, 3.05) is 0 Å². The standard InChI is InChI=1S/C4H7N3O2/c5-4(9)6-2-1-3(8)7-4/h1-2,7-9H,5H2. The molecule has 0 bridgehead atoms. The van der Waals surface area contributed by atoms with E-state index in [2.05, 4.69) is 10.3 Å². The first kappa shape index (κ1) is 6.06. The lowest BCUT2D eigenvalue weighted by atomic mass is 10.5. The largest absolute Gasteiger partial charge is 0.495 e. The molecule has 1 heterocycles. The molecule has 50 valence electrons. The lowest BCUT2D eigenvalue weighted by Gasteiger charge is -2.21. The molecule has 0 aromatic rings. The Morgan fingerprint density at radius 3 is 2.78 bits per heavy atom. The highest BCUT2D eigenvalue weighted by Gasteiger charge is 2.20. The van der Waals surface area contributed by atoms with E-state index in [9.17, 15) is 0 Å². The first-order valence-corrected chi connectivity index (χ1v) is 2.34. The number of nitrogens with zero attached hydrogens (tertiary/aromatic N) is 1. The third-order valence-corrected chi connectivity index (χ3v) is 0.816. The normalized spacial score (nSPS) is 33.3. The van der Waals surface area contributed by atoms with E-state index in [1.807, 2.05) is 0 Å². The van der Waals surface area contributed by atoms with Crippen LogP contribution in [-0.4, -0.2) is 22.4 Å². The zero-order valence-electron chi connectivity index (χ0n) is 4.57. The number of aliphatic hydroxyl groups is 2. The van der Waals surface area contributed by atoms with Crippen molar-refractivity contribution in [3.63, 3.8) is 0 Å². The van der Waals surface area contributed by atoms with Gasteiger partial charge in [-0.3, -0.25) is 11.1 Å². The maximum Gasteiger partial charge on any atom is 0.297 e. The van der Waals surface area contributed by atoms with E-state index in [0.717, 1.165) is 0 Å². The Labute approximate surface area is 51.5 Å². The van der Waals surface area contributed by atoms with Crippen LogP contribution in [0.15, 0.2) is 17.0 Å². The molecule has 0 amide bonds. The highest BCUT2D eigenvalue weighted by molar-refractivity contribution is 5.72. The van der Waals surface area contributed by atoms with Crippen LogP contribution in [0.5, 0.6) is 0 Å². The lowest BCUT2D eigenvalue weighted by molar-refractivity contribution is 0.0166. The van der Waals surface area contributed by atoms with Crippen molar-refractivity contribution in [1.29, 1.82) is 0 Å². The summed E-state index contributed by atoms with van der Waals surface area (Å²) in [5, 5.41) is 19.6. The highest BCUT2D eigenvalue weighted by Crippen LogP contribution is 1.98. The van der Waals surface area contributed by atoms with Gasteiger partial charge in [-0.05, 0) is 0 Å². The van der Waals surface area contributed by atoms with E-state index in [1.165, 1.54) is 12.3 Å². The predicted molar refractivity (Wildman–Crippen MR) is 31.5 cm³/mol. The third kappa shape index (κ3) is 1.41. The van der Waals surface area contributed by atoms with Crippen LogP contribution in [0, 0.1) is 0 Å². The van der Waals surface area contributed by atoms with Gasteiger partial charge in [0.05, 0.1) is 0 Å². The van der Waals surface area contributed by atoms with Crippen LogP contribution in [0.4, 0.5) is 0 Å². The van der Waals surface area contributed by atoms with Crippen molar-refractivity contribution in [2.24, 2.45) is 10.7 Å². The minimum atomic E-state index is -1.85. The Hall–Kier alpha value is -1.07. The summed E-state index contributed by atoms with van der Waals surface area (Å²) in [6.07, 6.45) is 2.49. The fraction of sp³-hybridized carbons (Fsp3) is 0.250. The monoisotopic (exact) mass is 129 g/mol. The molecule has 0 spiro atoms. The topological polar surface area (TPSA) is 90.9 Å². The molecule has 0 radical (unpaired) electrons. The third-order valence-electron chi connectivity index (χ3n) is 0.816. The second-order valence-electron chi connectivity index (χ2n) is 1.68. The average Bonchev–Trinajstić information content (AvgIpc) is 1.60. The second-order valence-corrected chi connectivity index (χ2v) is 1.68. The minimum Gasteiger partial charge on any atom is -0.495 e. The smallest absolute Gasteiger partial charge is 0.297 e. The molecule has 5 heteroatoms. The van der Waals surface area contributed by atoms with E-state index >= 15 is 0 Å². The van der Waals surface area contributed by atoms with Crippen LogP contribution in [0.3, 0.4) is 0 Å². The Morgan fingerprint density at radius 2 is 2.44 bits per heavy atom. The molecular weight excluding hydrogens is 122 g/mol. The van der Waals surface area contributed by atoms with Crippen molar-refractivity contribution in [1.82, 2.24) is 5.32 Å². The van der Waals surface area contributed by atoms with Crippen molar-refractivity contribution >= 4 is 6.21 Å². The molecule has 1 atom stereocenters. The lowest BCUT2D eigenvalue weighted by Crippen LogP contribution is -2.52. The van der Waals surface area contributed by atoms with Gasteiger partial charge in [0, 0.05) is 12.3 Å². The number of hydrogen-bond donors (Lipinski definition) is 4. The van der Waals surface area contributed by atoms with E-state index in [-0.39, 0.29) is 5.88 Å². The molecule has 5 nitrogen and oxygen atoms in total. The van der Waals surface area contributed by atoms with Crippen LogP contribution in [-0.2, 0) is 0 Å². The second kappa shape index (κ2) is 1.71. The molecular formula is C4H7N3O2. The van der Waals surface area contributed by atoms with Crippen LogP contribution >= 0.6 is 0 Å². The van der Waals surface area contributed by atoms with Crippen LogP contribution in [0.25, 0.3) is 0 Å². The summed E-state index contributed by atoms with van der Waals surface area (Å²) >= 11 is 0. The summed E-state index contributed by atoms with van der Waals surface area (Å²) in [5.74, 6) is -2.05. The minimum absolute atomic E-state index is 0.199. The molecule has 1 aliphatic heterocycles. The van der Waals surface area contributed by atoms with Crippen LogP contribution in [0.2, 0.25) is 0 Å². The van der Waals surface area contributed by atoms with E-state index in [0.29, 0.717) is 0 Å². The number of aliphatic hydroxyl groups excluding tert-OH is 1. The van der Waals surface area contributed by atoms with Gasteiger partial charge in [0.1, 0.15) is 0 Å². The van der Waals surface area contributed by atoms with Gasteiger partial charge in [-0.15, -0.1) is 0 Å². The van der Waals surface area contributed by atoms with Gasteiger partial charge in [0.2, 0.25) is 0 Å². The van der Waals surface area contributed by atoms with E-state index in [4.69, 9.17) is 15.9 Å². The first-order valence-electron chi connectivity index (χ1n) is 2.34. The van der Waals surface area contributed by atoms with Crippen molar-refractivity contribution in [2.45, 2.75) is 5.97 Å². The Bertz CT molecular complexity index is 173. The molecule has 0 aliphatic carbocycles. The predicted octanol–water partition coefficient (Wildman–Crippen LogP) is -1.38. The summed E-state index contributed by atoms with van der Waals surface area (Å²) in [6.45, 7) is 0. The molecule has 1 aliphatic rings. The van der Waals surface area contributed by atoms with Gasteiger partial charge in [-0.1, -0.05) is 0 Å². The molecule has 9 heavy (non-hydrogen) atoms.